The van der Waals surface area contributed by atoms with Crippen LogP contribution in [-0.2, 0) is 13.6 Å². The van der Waals surface area contributed by atoms with Crippen LogP contribution in [0.15, 0.2) is 18.7 Å². The maximum atomic E-state index is 7.83. The summed E-state index contributed by atoms with van der Waals surface area (Å²) >= 11 is 0. The van der Waals surface area contributed by atoms with Crippen LogP contribution in [0.5, 0.6) is 0 Å². The summed E-state index contributed by atoms with van der Waals surface area (Å²) in [5, 5.41) is 23.5. The van der Waals surface area contributed by atoms with Gasteiger partial charge in [-0.25, -0.2) is 9.13 Å². The van der Waals surface area contributed by atoms with E-state index in [4.69, 9.17) is 15.8 Å². The lowest BCUT2D eigenvalue weighted by Gasteiger charge is -1.86. The van der Waals surface area contributed by atoms with Crippen molar-refractivity contribution in [2.75, 3.05) is 0 Å². The second kappa shape index (κ2) is 8.03. The maximum Gasteiger partial charge on any atom is 0.243 e. The van der Waals surface area contributed by atoms with Crippen LogP contribution in [0.1, 0.15) is 13.3 Å². The molecule has 0 fully saturated rings. The standard InChI is InChI=1S/C7H13N2.C4HN3/c1-3-4-9-6-5-8(2)7-9;5-1-4(2-6)3-7/h5-7H,3-4H2,1-2H3;4H/q+1;. The van der Waals surface area contributed by atoms with Gasteiger partial charge in [0.1, 0.15) is 12.4 Å². The smallest absolute Gasteiger partial charge is 0.240 e. The number of hydrogen-bond acceptors (Lipinski definition) is 3. The highest BCUT2D eigenvalue weighted by molar-refractivity contribution is 5.11. The fourth-order valence-corrected chi connectivity index (χ4v) is 0.979. The van der Waals surface area contributed by atoms with Crippen molar-refractivity contribution in [2.24, 2.45) is 13.0 Å². The van der Waals surface area contributed by atoms with Crippen LogP contribution in [-0.4, -0.2) is 4.57 Å². The highest BCUT2D eigenvalue weighted by atomic mass is 15.1. The Morgan fingerprint density at radius 1 is 1.25 bits per heavy atom. The first-order valence-corrected chi connectivity index (χ1v) is 4.87. The van der Waals surface area contributed by atoms with Crippen LogP contribution in [0.4, 0.5) is 0 Å². The predicted molar refractivity (Wildman–Crippen MR) is 56.2 cm³/mol. The summed E-state index contributed by atoms with van der Waals surface area (Å²) in [5.74, 6) is -1.10. The van der Waals surface area contributed by atoms with Gasteiger partial charge in [0.2, 0.25) is 12.2 Å². The summed E-state index contributed by atoms with van der Waals surface area (Å²) in [5.41, 5.74) is 0. The van der Waals surface area contributed by atoms with Crippen LogP contribution >= 0.6 is 0 Å². The number of aromatic nitrogens is 2. The summed E-state index contributed by atoms with van der Waals surface area (Å²) in [7, 11) is 2.03. The molecule has 0 aliphatic carbocycles. The molecule has 1 aromatic rings. The minimum Gasteiger partial charge on any atom is -0.240 e. The lowest BCUT2D eigenvalue weighted by atomic mass is 10.2. The number of nitrogens with zero attached hydrogens (tertiary/aromatic N) is 5. The Morgan fingerprint density at radius 3 is 2.06 bits per heavy atom. The summed E-state index contributed by atoms with van der Waals surface area (Å²) in [4.78, 5) is 0. The summed E-state index contributed by atoms with van der Waals surface area (Å²) in [6.45, 7) is 3.31. The van der Waals surface area contributed by atoms with Crippen LogP contribution in [0.2, 0.25) is 0 Å². The zero-order valence-electron chi connectivity index (χ0n) is 9.46. The van der Waals surface area contributed by atoms with Crippen molar-refractivity contribution in [1.29, 1.82) is 15.8 Å². The molecule has 0 bridgehead atoms. The first kappa shape index (κ1) is 13.7. The molecule has 0 atom stereocenters. The van der Waals surface area contributed by atoms with Crippen molar-refractivity contribution >= 4 is 0 Å². The molecule has 5 heteroatoms. The summed E-state index contributed by atoms with van der Waals surface area (Å²) in [6, 6.07) is 4.44. The van der Waals surface area contributed by atoms with Crippen LogP contribution in [0, 0.1) is 39.9 Å². The molecule has 1 rings (SSSR count). The maximum absolute atomic E-state index is 7.83. The second-order valence-corrected chi connectivity index (χ2v) is 3.14. The van der Waals surface area contributed by atoms with Crippen LogP contribution < -0.4 is 4.57 Å². The topological polar surface area (TPSA) is 80.2 Å². The van der Waals surface area contributed by atoms with E-state index in [1.54, 1.807) is 0 Å². The van der Waals surface area contributed by atoms with Gasteiger partial charge in [-0.1, -0.05) is 6.92 Å². The Kier molecular flexibility index (Phi) is 6.86. The van der Waals surface area contributed by atoms with E-state index < -0.39 is 5.92 Å². The van der Waals surface area contributed by atoms with E-state index in [2.05, 4.69) is 34.8 Å². The van der Waals surface area contributed by atoms with E-state index in [0.717, 1.165) is 6.54 Å². The molecule has 0 saturated heterocycles. The molecule has 0 saturated carbocycles. The van der Waals surface area contributed by atoms with Gasteiger partial charge in [0.15, 0.2) is 0 Å². The molecule has 0 N–H and O–H groups in total. The normalized spacial score (nSPS) is 8.25. The average Bonchev–Trinajstić information content (AvgIpc) is 2.68. The van der Waals surface area contributed by atoms with E-state index in [-0.39, 0.29) is 0 Å². The molecule has 0 aliphatic heterocycles. The fourth-order valence-electron chi connectivity index (χ4n) is 0.979. The molecule has 0 aliphatic rings. The monoisotopic (exact) mass is 216 g/mol. The van der Waals surface area contributed by atoms with E-state index in [9.17, 15) is 0 Å². The Labute approximate surface area is 95.4 Å². The highest BCUT2D eigenvalue weighted by Crippen LogP contribution is 1.85. The van der Waals surface area contributed by atoms with Crippen molar-refractivity contribution in [3.63, 3.8) is 0 Å². The summed E-state index contributed by atoms with van der Waals surface area (Å²) < 4.78 is 4.23. The number of rotatable bonds is 2. The van der Waals surface area contributed by atoms with Gasteiger partial charge in [0.25, 0.3) is 0 Å². The van der Waals surface area contributed by atoms with Crippen molar-refractivity contribution in [2.45, 2.75) is 19.9 Å². The third-order valence-electron chi connectivity index (χ3n) is 1.69. The first-order valence-electron chi connectivity index (χ1n) is 4.87. The zero-order valence-corrected chi connectivity index (χ0v) is 9.46. The molecule has 0 spiro atoms. The molecule has 1 aromatic heterocycles. The van der Waals surface area contributed by atoms with Gasteiger partial charge < -0.3 is 0 Å². The van der Waals surface area contributed by atoms with Gasteiger partial charge >= 0.3 is 0 Å². The predicted octanol–water partition coefficient (Wildman–Crippen LogP) is 0.896. The van der Waals surface area contributed by atoms with Gasteiger partial charge in [0, 0.05) is 0 Å². The second-order valence-electron chi connectivity index (χ2n) is 3.14. The number of hydrogen-bond donors (Lipinski definition) is 0. The van der Waals surface area contributed by atoms with Crippen molar-refractivity contribution in [1.82, 2.24) is 4.57 Å². The van der Waals surface area contributed by atoms with Gasteiger partial charge in [-0.15, -0.1) is 0 Å². The highest BCUT2D eigenvalue weighted by Gasteiger charge is 1.97. The fraction of sp³-hybridized carbons (Fsp3) is 0.455. The first-order chi connectivity index (χ1) is 7.67. The van der Waals surface area contributed by atoms with Gasteiger partial charge in [0.05, 0.1) is 31.8 Å². The molecule has 5 nitrogen and oxygen atoms in total. The van der Waals surface area contributed by atoms with Crippen LogP contribution in [0.25, 0.3) is 0 Å². The van der Waals surface area contributed by atoms with Gasteiger partial charge in [-0.3, -0.25) is 0 Å². The van der Waals surface area contributed by atoms with Crippen molar-refractivity contribution in [3.05, 3.63) is 18.7 Å². The molecule has 0 radical (unpaired) electrons. The third kappa shape index (κ3) is 5.42. The lowest BCUT2D eigenvalue weighted by Crippen LogP contribution is -2.23. The molecule has 0 amide bonds. The number of imidazole rings is 1. The Bertz CT molecular complexity index is 393. The van der Waals surface area contributed by atoms with Gasteiger partial charge in [-0.05, 0) is 6.42 Å². The Balaban J connectivity index is 0.000000293. The molecule has 0 unspecified atom stereocenters. The molecule has 0 aromatic carbocycles. The van der Waals surface area contributed by atoms with E-state index >= 15 is 0 Å². The third-order valence-corrected chi connectivity index (χ3v) is 1.69. The van der Waals surface area contributed by atoms with E-state index in [0.29, 0.717) is 0 Å². The lowest BCUT2D eigenvalue weighted by molar-refractivity contribution is -0.671. The molecule has 82 valence electrons. The minimum atomic E-state index is -1.10. The number of aryl methyl sites for hydroxylation is 2. The van der Waals surface area contributed by atoms with Crippen molar-refractivity contribution < 1.29 is 4.57 Å². The minimum absolute atomic E-state index is 1.10. The summed E-state index contributed by atoms with van der Waals surface area (Å²) in [6.07, 6.45) is 7.43. The molecular formula is C11H14N5+. The van der Waals surface area contributed by atoms with E-state index in [1.165, 1.54) is 24.6 Å². The van der Waals surface area contributed by atoms with Crippen LogP contribution in [0.3, 0.4) is 0 Å². The molecule has 1 heterocycles. The quantitative estimate of drug-likeness (QED) is 0.689. The zero-order chi connectivity index (χ0) is 12.4. The molecule has 16 heavy (non-hydrogen) atoms. The van der Waals surface area contributed by atoms with Crippen molar-refractivity contribution in [3.8, 4) is 18.2 Å². The molecular weight excluding hydrogens is 202 g/mol. The SMILES string of the molecule is CCCn1cc[n+](C)c1.N#CC(C#N)C#N. The average molecular weight is 216 g/mol. The Hall–Kier alpha value is -2.32. The Morgan fingerprint density at radius 2 is 1.81 bits per heavy atom. The van der Waals surface area contributed by atoms with E-state index in [1.807, 2.05) is 7.05 Å². The largest absolute Gasteiger partial charge is 0.243 e. The van der Waals surface area contributed by atoms with Gasteiger partial charge in [-0.2, -0.15) is 15.8 Å². The number of nitriles is 3.